The lowest BCUT2D eigenvalue weighted by atomic mass is 10.1. The molecule has 0 radical (unpaired) electrons. The Hall–Kier alpha value is -2.30. The van der Waals surface area contributed by atoms with E-state index in [9.17, 15) is 4.79 Å². The van der Waals surface area contributed by atoms with E-state index in [1.54, 1.807) is 13.0 Å². The van der Waals surface area contributed by atoms with Gasteiger partial charge in [-0.25, -0.2) is 4.79 Å². The van der Waals surface area contributed by atoms with Crippen LogP contribution in [-0.2, 0) is 0 Å². The number of aromatic nitrogens is 1. The fourth-order valence-electron chi connectivity index (χ4n) is 1.75. The third-order valence-electron chi connectivity index (χ3n) is 2.35. The van der Waals surface area contributed by atoms with Crippen molar-refractivity contribution in [2.24, 2.45) is 0 Å². The maximum Gasteiger partial charge on any atom is 0.324 e. The van der Waals surface area contributed by atoms with Crippen molar-refractivity contribution < 1.29 is 9.32 Å². The summed E-state index contributed by atoms with van der Waals surface area (Å²) < 4.78 is 4.86. The van der Waals surface area contributed by atoms with Gasteiger partial charge in [0.1, 0.15) is 5.76 Å². The van der Waals surface area contributed by atoms with Gasteiger partial charge in [0.25, 0.3) is 0 Å². The molecule has 0 bridgehead atoms. The summed E-state index contributed by atoms with van der Waals surface area (Å²) in [5.41, 5.74) is 2.95. The maximum atomic E-state index is 11.7. The van der Waals surface area contributed by atoms with Crippen molar-refractivity contribution in [3.8, 4) is 0 Å². The molecule has 18 heavy (non-hydrogen) atoms. The zero-order chi connectivity index (χ0) is 13.1. The number of urea groups is 1. The van der Waals surface area contributed by atoms with Crippen LogP contribution in [0.3, 0.4) is 0 Å². The Kier molecular flexibility index (Phi) is 3.32. The number of amides is 2. The topological polar surface area (TPSA) is 67.2 Å². The van der Waals surface area contributed by atoms with Gasteiger partial charge >= 0.3 is 6.03 Å². The number of carbonyl (C=O) groups excluding carboxylic acids is 1. The minimum atomic E-state index is -0.340. The van der Waals surface area contributed by atoms with Crippen molar-refractivity contribution in [1.29, 1.82) is 0 Å². The van der Waals surface area contributed by atoms with Gasteiger partial charge in [-0.05, 0) is 44.0 Å². The molecular formula is C13H15N3O2. The standard InChI is InChI=1S/C13H15N3O2/c1-8-4-9(2)6-11(5-8)14-13(17)15-12-7-10(3)18-16-12/h4-7H,1-3H3,(H2,14,15,16,17). The van der Waals surface area contributed by atoms with Crippen LogP contribution in [0.1, 0.15) is 16.9 Å². The minimum Gasteiger partial charge on any atom is -0.360 e. The van der Waals surface area contributed by atoms with Crippen LogP contribution in [0.4, 0.5) is 16.3 Å². The number of anilines is 2. The van der Waals surface area contributed by atoms with Crippen LogP contribution in [0.15, 0.2) is 28.8 Å². The number of benzene rings is 1. The average molecular weight is 245 g/mol. The van der Waals surface area contributed by atoms with Gasteiger partial charge in [-0.3, -0.25) is 5.32 Å². The summed E-state index contributed by atoms with van der Waals surface area (Å²) in [6, 6.07) is 7.17. The van der Waals surface area contributed by atoms with Crippen LogP contribution >= 0.6 is 0 Å². The first-order chi connectivity index (χ1) is 8.52. The highest BCUT2D eigenvalue weighted by molar-refractivity contribution is 5.99. The van der Waals surface area contributed by atoms with E-state index >= 15 is 0 Å². The number of aryl methyl sites for hydroxylation is 3. The van der Waals surface area contributed by atoms with Crippen LogP contribution < -0.4 is 10.6 Å². The van der Waals surface area contributed by atoms with Crippen LogP contribution in [-0.4, -0.2) is 11.2 Å². The minimum absolute atomic E-state index is 0.340. The van der Waals surface area contributed by atoms with Crippen LogP contribution in [0.25, 0.3) is 0 Å². The van der Waals surface area contributed by atoms with Crippen LogP contribution in [0, 0.1) is 20.8 Å². The predicted molar refractivity (Wildman–Crippen MR) is 69.8 cm³/mol. The van der Waals surface area contributed by atoms with Gasteiger partial charge in [0.05, 0.1) is 0 Å². The Morgan fingerprint density at radius 3 is 2.28 bits per heavy atom. The van der Waals surface area contributed by atoms with E-state index < -0.39 is 0 Å². The number of nitrogens with zero attached hydrogens (tertiary/aromatic N) is 1. The largest absolute Gasteiger partial charge is 0.360 e. The smallest absolute Gasteiger partial charge is 0.324 e. The maximum absolute atomic E-state index is 11.7. The fraction of sp³-hybridized carbons (Fsp3) is 0.231. The second-order valence-electron chi connectivity index (χ2n) is 4.28. The molecule has 1 heterocycles. The molecule has 5 heteroatoms. The highest BCUT2D eigenvalue weighted by Gasteiger charge is 2.06. The molecule has 1 aromatic heterocycles. The molecule has 0 atom stereocenters. The molecule has 0 aliphatic rings. The van der Waals surface area contributed by atoms with E-state index in [1.165, 1.54) is 0 Å². The predicted octanol–water partition coefficient (Wildman–Crippen LogP) is 3.24. The molecule has 2 amide bonds. The van der Waals surface area contributed by atoms with Gasteiger partial charge in [-0.2, -0.15) is 0 Å². The SMILES string of the molecule is Cc1cc(C)cc(NC(=O)Nc2cc(C)on2)c1. The molecule has 1 aromatic carbocycles. The number of nitrogens with one attached hydrogen (secondary N) is 2. The molecule has 94 valence electrons. The zero-order valence-electron chi connectivity index (χ0n) is 10.6. The molecule has 0 fully saturated rings. The van der Waals surface area contributed by atoms with Gasteiger partial charge in [0.2, 0.25) is 0 Å². The van der Waals surface area contributed by atoms with Gasteiger partial charge in [-0.15, -0.1) is 0 Å². The molecule has 0 aliphatic heterocycles. The van der Waals surface area contributed by atoms with Crippen molar-refractivity contribution >= 4 is 17.5 Å². The van der Waals surface area contributed by atoms with E-state index in [1.807, 2.05) is 32.0 Å². The van der Waals surface area contributed by atoms with E-state index in [0.717, 1.165) is 16.8 Å². The molecule has 2 N–H and O–H groups in total. The lowest BCUT2D eigenvalue weighted by Gasteiger charge is -2.07. The monoisotopic (exact) mass is 245 g/mol. The van der Waals surface area contributed by atoms with Crippen LogP contribution in [0.5, 0.6) is 0 Å². The van der Waals surface area contributed by atoms with Gasteiger partial charge in [-0.1, -0.05) is 11.2 Å². The summed E-state index contributed by atoms with van der Waals surface area (Å²) in [5.74, 6) is 1.05. The fourth-order valence-corrected chi connectivity index (χ4v) is 1.75. The number of carbonyl (C=O) groups is 1. The molecule has 0 unspecified atom stereocenters. The van der Waals surface area contributed by atoms with E-state index in [4.69, 9.17) is 4.52 Å². The third-order valence-corrected chi connectivity index (χ3v) is 2.35. The number of hydrogen-bond acceptors (Lipinski definition) is 3. The molecule has 0 spiro atoms. The number of rotatable bonds is 2. The van der Waals surface area contributed by atoms with Crippen molar-refractivity contribution in [1.82, 2.24) is 5.16 Å². The Bertz CT molecular complexity index is 555. The average Bonchev–Trinajstić information content (AvgIpc) is 2.61. The van der Waals surface area contributed by atoms with Gasteiger partial charge < -0.3 is 9.84 Å². The molecule has 5 nitrogen and oxygen atoms in total. The van der Waals surface area contributed by atoms with E-state index in [0.29, 0.717) is 11.6 Å². The summed E-state index contributed by atoms with van der Waals surface area (Å²) in [6.07, 6.45) is 0. The summed E-state index contributed by atoms with van der Waals surface area (Å²) >= 11 is 0. The highest BCUT2D eigenvalue weighted by Crippen LogP contribution is 2.14. The highest BCUT2D eigenvalue weighted by atomic mass is 16.5. The molecule has 0 saturated carbocycles. The van der Waals surface area contributed by atoms with Crippen molar-refractivity contribution in [3.05, 3.63) is 41.2 Å². The Morgan fingerprint density at radius 2 is 1.72 bits per heavy atom. The Morgan fingerprint density at radius 1 is 1.06 bits per heavy atom. The molecule has 0 aliphatic carbocycles. The van der Waals surface area contributed by atoms with Crippen molar-refractivity contribution in [2.45, 2.75) is 20.8 Å². The van der Waals surface area contributed by atoms with Crippen molar-refractivity contribution in [2.75, 3.05) is 10.6 Å². The zero-order valence-corrected chi connectivity index (χ0v) is 10.6. The first-order valence-electron chi connectivity index (χ1n) is 5.62. The van der Waals surface area contributed by atoms with Crippen LogP contribution in [0.2, 0.25) is 0 Å². The second-order valence-corrected chi connectivity index (χ2v) is 4.28. The van der Waals surface area contributed by atoms with Gasteiger partial charge in [0, 0.05) is 11.8 Å². The summed E-state index contributed by atoms with van der Waals surface area (Å²) in [4.78, 5) is 11.7. The second kappa shape index (κ2) is 4.91. The number of hydrogen-bond donors (Lipinski definition) is 2. The first-order valence-corrected chi connectivity index (χ1v) is 5.62. The summed E-state index contributed by atoms with van der Waals surface area (Å²) in [5, 5.41) is 9.03. The lowest BCUT2D eigenvalue weighted by molar-refractivity contribution is 0.262. The van der Waals surface area contributed by atoms with E-state index in [2.05, 4.69) is 15.8 Å². The Labute approximate surface area is 105 Å². The lowest BCUT2D eigenvalue weighted by Crippen LogP contribution is -2.19. The Balaban J connectivity index is 2.02. The third kappa shape index (κ3) is 3.10. The molecule has 2 aromatic rings. The molecule has 2 rings (SSSR count). The van der Waals surface area contributed by atoms with Gasteiger partial charge in [0.15, 0.2) is 5.82 Å². The van der Waals surface area contributed by atoms with Crippen molar-refractivity contribution in [3.63, 3.8) is 0 Å². The summed E-state index contributed by atoms with van der Waals surface area (Å²) in [7, 11) is 0. The first kappa shape index (κ1) is 12.2. The summed E-state index contributed by atoms with van der Waals surface area (Å²) in [6.45, 7) is 5.73. The normalized spacial score (nSPS) is 10.2. The van der Waals surface area contributed by atoms with E-state index in [-0.39, 0.29) is 6.03 Å². The molecule has 0 saturated heterocycles. The molecular weight excluding hydrogens is 230 g/mol. The quantitative estimate of drug-likeness (QED) is 0.853.